The minimum atomic E-state index is -0.0266. The van der Waals surface area contributed by atoms with Gasteiger partial charge in [0.25, 0.3) is 0 Å². The number of β-lactam (4-membered cyclic amide) rings is 1. The van der Waals surface area contributed by atoms with Crippen LogP contribution in [0.15, 0.2) is 146 Å². The number of amides is 2. The van der Waals surface area contributed by atoms with E-state index in [0.717, 1.165) is 39.6 Å². The zero-order valence-corrected chi connectivity index (χ0v) is 27.8. The number of hydrogen-bond acceptors (Lipinski definition) is 4. The van der Waals surface area contributed by atoms with Crippen LogP contribution in [0.25, 0.3) is 21.8 Å². The third-order valence-electron chi connectivity index (χ3n) is 8.30. The van der Waals surface area contributed by atoms with Crippen molar-refractivity contribution in [2.75, 3.05) is 10.2 Å². The zero-order chi connectivity index (χ0) is 33.7. The zero-order valence-electron chi connectivity index (χ0n) is 27.8. The van der Waals surface area contributed by atoms with Gasteiger partial charge in [0.15, 0.2) is 0 Å². The summed E-state index contributed by atoms with van der Waals surface area (Å²) in [4.78, 5) is 34.7. The maximum atomic E-state index is 12.3. The van der Waals surface area contributed by atoms with E-state index >= 15 is 0 Å². The quantitative estimate of drug-likeness (QED) is 0.140. The number of anilines is 2. The van der Waals surface area contributed by atoms with Gasteiger partial charge < -0.3 is 10.2 Å². The summed E-state index contributed by atoms with van der Waals surface area (Å²) in [6.45, 7) is 6.21. The molecule has 1 aliphatic heterocycles. The molecule has 1 aliphatic rings. The smallest absolute Gasteiger partial charge is 0.229 e. The van der Waals surface area contributed by atoms with E-state index in [9.17, 15) is 9.59 Å². The number of benzene rings is 4. The summed E-state index contributed by atoms with van der Waals surface area (Å²) in [7, 11) is 0. The van der Waals surface area contributed by atoms with Crippen molar-refractivity contribution >= 4 is 45.0 Å². The van der Waals surface area contributed by atoms with E-state index in [-0.39, 0.29) is 17.9 Å². The van der Waals surface area contributed by atoms with Crippen LogP contribution in [0, 0.1) is 12.8 Å². The Morgan fingerprint density at radius 2 is 1.42 bits per heavy atom. The molecule has 0 bridgehead atoms. The van der Waals surface area contributed by atoms with E-state index in [1.807, 2.05) is 109 Å². The monoisotopic (exact) mass is 634 g/mol. The first-order valence-corrected chi connectivity index (χ1v) is 16.4. The van der Waals surface area contributed by atoms with Gasteiger partial charge in [-0.05, 0) is 56.0 Å². The van der Waals surface area contributed by atoms with Gasteiger partial charge in [0.05, 0.1) is 22.4 Å². The molecule has 6 aromatic rings. The lowest BCUT2D eigenvalue weighted by atomic mass is 9.85. The molecule has 0 radical (unpaired) electrons. The predicted octanol–water partition coefficient (Wildman–Crippen LogP) is 9.35. The van der Waals surface area contributed by atoms with E-state index in [1.54, 1.807) is 12.4 Å². The van der Waals surface area contributed by atoms with Crippen molar-refractivity contribution in [3.05, 3.63) is 157 Å². The Morgan fingerprint density at radius 1 is 0.812 bits per heavy atom. The van der Waals surface area contributed by atoms with E-state index < -0.39 is 0 Å². The largest absolute Gasteiger partial charge is 0.324 e. The van der Waals surface area contributed by atoms with Crippen LogP contribution in [0.2, 0.25) is 0 Å². The highest BCUT2D eigenvalue weighted by Crippen LogP contribution is 2.36. The van der Waals surface area contributed by atoms with Crippen molar-refractivity contribution in [2.24, 2.45) is 5.92 Å². The third kappa shape index (κ3) is 8.80. The first-order chi connectivity index (χ1) is 23.4. The summed E-state index contributed by atoms with van der Waals surface area (Å²) in [5.74, 6) is 0.573. The number of fused-ring (bicyclic) bond motifs is 2. The van der Waals surface area contributed by atoms with Crippen LogP contribution >= 0.6 is 0 Å². The lowest BCUT2D eigenvalue weighted by Crippen LogP contribution is -2.56. The van der Waals surface area contributed by atoms with Gasteiger partial charge in [0.2, 0.25) is 11.8 Å². The fraction of sp³-hybridized carbons (Fsp3) is 0.190. The second kappa shape index (κ2) is 16.8. The Bertz CT molecular complexity index is 1960. The number of carbonyl (C=O) groups excluding carboxylic acids is 2. The van der Waals surface area contributed by atoms with Crippen molar-refractivity contribution in [1.82, 2.24) is 9.97 Å². The summed E-state index contributed by atoms with van der Waals surface area (Å²) >= 11 is 0. The Balaban J connectivity index is 0.000000163. The van der Waals surface area contributed by atoms with E-state index in [0.29, 0.717) is 18.8 Å². The molecule has 0 aliphatic carbocycles. The highest BCUT2D eigenvalue weighted by molar-refractivity contribution is 6.07. The van der Waals surface area contributed by atoms with Crippen LogP contribution in [0.3, 0.4) is 0 Å². The molecule has 1 fully saturated rings. The molecular formula is C42H42N4O2. The standard InChI is InChI=1S/C21H20N2O.C14H14N2O.C7H8/c1-15(13-16-7-3-2-4-8-16)19-14-20(24)23(19)18-11-5-9-17-10-6-12-22-21(17)18;1-2-3-9-13(17)16-12-8-4-6-11-7-5-10-15-14(11)12;1-7-5-3-2-4-6-7/h2-12,15,19H,13-14H2,1H3;2-8,10H,9H2,1H3,(H,16,17);2-6H,1H3/b;3-2+;. The topological polar surface area (TPSA) is 75.2 Å². The highest BCUT2D eigenvalue weighted by Gasteiger charge is 2.41. The summed E-state index contributed by atoms with van der Waals surface area (Å²) in [5.41, 5.74) is 6.07. The number of aryl methyl sites for hydroxylation is 1. The van der Waals surface area contributed by atoms with Crippen molar-refractivity contribution in [2.45, 2.75) is 46.1 Å². The third-order valence-corrected chi connectivity index (χ3v) is 8.30. The normalized spacial score (nSPS) is 14.4. The van der Waals surface area contributed by atoms with Crippen molar-refractivity contribution in [3.63, 3.8) is 0 Å². The highest BCUT2D eigenvalue weighted by atomic mass is 16.2. The fourth-order valence-corrected chi connectivity index (χ4v) is 5.78. The molecule has 1 saturated heterocycles. The Hall–Kier alpha value is -5.62. The Kier molecular flexibility index (Phi) is 11.8. The lowest BCUT2D eigenvalue weighted by molar-refractivity contribution is -0.125. The summed E-state index contributed by atoms with van der Waals surface area (Å²) < 4.78 is 0. The molecule has 2 atom stereocenters. The lowest BCUT2D eigenvalue weighted by Gasteiger charge is -2.44. The summed E-state index contributed by atoms with van der Waals surface area (Å²) in [6, 6.07) is 40.6. The van der Waals surface area contributed by atoms with Gasteiger partial charge in [0.1, 0.15) is 0 Å². The van der Waals surface area contributed by atoms with Crippen LogP contribution < -0.4 is 10.2 Å². The number of nitrogens with zero attached hydrogens (tertiary/aromatic N) is 3. The molecule has 7 rings (SSSR count). The first-order valence-electron chi connectivity index (χ1n) is 16.4. The number of rotatable bonds is 7. The fourth-order valence-electron chi connectivity index (χ4n) is 5.78. The molecule has 0 spiro atoms. The number of aromatic nitrogens is 2. The number of allylic oxidation sites excluding steroid dienone is 1. The van der Waals surface area contributed by atoms with Crippen molar-refractivity contribution in [3.8, 4) is 0 Å². The summed E-state index contributed by atoms with van der Waals surface area (Å²) in [5, 5.41) is 4.96. The van der Waals surface area contributed by atoms with Gasteiger partial charge in [-0.25, -0.2) is 0 Å². The van der Waals surface area contributed by atoms with Crippen molar-refractivity contribution < 1.29 is 9.59 Å². The molecule has 6 heteroatoms. The van der Waals surface area contributed by atoms with Crippen LogP contribution in [0.5, 0.6) is 0 Å². The molecule has 6 nitrogen and oxygen atoms in total. The number of carbonyl (C=O) groups is 2. The van der Waals surface area contributed by atoms with Crippen LogP contribution in [-0.2, 0) is 16.0 Å². The number of para-hydroxylation sites is 2. The van der Waals surface area contributed by atoms with Gasteiger partial charge in [-0.1, -0.05) is 122 Å². The molecule has 2 unspecified atom stereocenters. The summed E-state index contributed by atoms with van der Waals surface area (Å²) in [6.07, 6.45) is 9.20. The average Bonchev–Trinajstić information content (AvgIpc) is 3.11. The number of hydrogen-bond donors (Lipinski definition) is 1. The number of nitrogens with one attached hydrogen (secondary N) is 1. The molecule has 2 aromatic heterocycles. The molecule has 4 aromatic carbocycles. The molecule has 242 valence electrons. The maximum Gasteiger partial charge on any atom is 0.229 e. The van der Waals surface area contributed by atoms with Crippen LogP contribution in [0.4, 0.5) is 11.4 Å². The minimum Gasteiger partial charge on any atom is -0.324 e. The molecule has 0 saturated carbocycles. The van der Waals surface area contributed by atoms with Crippen LogP contribution in [-0.4, -0.2) is 27.8 Å². The van der Waals surface area contributed by atoms with Gasteiger partial charge in [-0.15, -0.1) is 0 Å². The van der Waals surface area contributed by atoms with Crippen LogP contribution in [0.1, 0.15) is 37.8 Å². The minimum absolute atomic E-state index is 0.0266. The van der Waals surface area contributed by atoms with E-state index in [2.05, 4.69) is 65.5 Å². The molecule has 3 heterocycles. The molecular weight excluding hydrogens is 592 g/mol. The van der Waals surface area contributed by atoms with Crippen molar-refractivity contribution in [1.29, 1.82) is 0 Å². The second-order valence-electron chi connectivity index (χ2n) is 11.9. The molecule has 48 heavy (non-hydrogen) atoms. The SMILES string of the molecule is C/C=C/CC(=O)Nc1cccc2cccnc12.CC(Cc1ccccc1)C1CC(=O)N1c1cccc2cccnc12.Cc1ccccc1. The number of pyridine rings is 2. The molecule has 1 N–H and O–H groups in total. The van der Waals surface area contributed by atoms with Gasteiger partial charge in [0, 0.05) is 42.0 Å². The van der Waals surface area contributed by atoms with E-state index in [1.165, 1.54) is 11.1 Å². The second-order valence-corrected chi connectivity index (χ2v) is 11.9. The molecule has 2 amide bonds. The van der Waals surface area contributed by atoms with Gasteiger partial charge >= 0.3 is 0 Å². The predicted molar refractivity (Wildman–Crippen MR) is 198 cm³/mol. The van der Waals surface area contributed by atoms with Gasteiger partial charge in [-0.3, -0.25) is 19.6 Å². The Morgan fingerprint density at radius 3 is 2.04 bits per heavy atom. The van der Waals surface area contributed by atoms with E-state index in [4.69, 9.17) is 0 Å². The van der Waals surface area contributed by atoms with Gasteiger partial charge in [-0.2, -0.15) is 0 Å². The Labute approximate surface area is 283 Å². The first kappa shape index (κ1) is 33.7. The maximum absolute atomic E-state index is 12.3. The average molecular weight is 635 g/mol.